The molecule has 0 aliphatic carbocycles. The fourth-order valence-corrected chi connectivity index (χ4v) is 2.93. The monoisotopic (exact) mass is 358 g/mol. The molecule has 0 aromatic heterocycles. The third-order valence-electron chi connectivity index (χ3n) is 4.97. The van der Waals surface area contributed by atoms with E-state index in [0.29, 0.717) is 5.57 Å². The van der Waals surface area contributed by atoms with Crippen molar-refractivity contribution in [1.29, 1.82) is 0 Å². The van der Waals surface area contributed by atoms with E-state index in [1.807, 2.05) is 26.2 Å². The Balaban J connectivity index is 5.04. The molecule has 0 amide bonds. The normalized spacial score (nSPS) is 14.5. The topological polar surface area (TPSA) is 52.6 Å². The molecule has 0 rings (SSSR count). The maximum Gasteiger partial charge on any atom is 0.320 e. The minimum Gasteiger partial charge on any atom is -0.516 e. The van der Waals surface area contributed by atoms with Crippen LogP contribution >= 0.6 is 0 Å². The molecule has 23 heavy (non-hydrogen) atoms. The van der Waals surface area contributed by atoms with Gasteiger partial charge in [-0.1, -0.05) is 41.5 Å². The lowest BCUT2D eigenvalue weighted by molar-refractivity contribution is -0.133. The number of rotatable bonds is 4. The molecule has 0 aliphatic heterocycles. The molecule has 0 atom stereocenters. The standard InChI is InChI=1S/C17H34O4Si2/c1-13(15(19)21-23(10,11)17(5,6)7)12-14(18)20-22(8,9)16(2,3)4/h12H,1-11H3/b13-12-. The zero-order valence-electron chi connectivity index (χ0n) is 16.7. The highest BCUT2D eigenvalue weighted by atomic mass is 28.4. The molecule has 0 saturated carbocycles. The Morgan fingerprint density at radius 2 is 1.13 bits per heavy atom. The SMILES string of the molecule is C/C(=C/C(=O)O[Si](C)(C)C(C)(C)C)C(=O)O[Si](C)(C)C(C)(C)C. The van der Waals surface area contributed by atoms with Crippen LogP contribution in [0.25, 0.3) is 0 Å². The zero-order chi connectivity index (χ0) is 18.9. The first-order valence-electron chi connectivity index (χ1n) is 8.05. The number of carbonyl (C=O) groups is 2. The highest BCUT2D eigenvalue weighted by Crippen LogP contribution is 2.38. The van der Waals surface area contributed by atoms with E-state index < -0.39 is 28.6 Å². The van der Waals surface area contributed by atoms with Crippen LogP contribution in [0.3, 0.4) is 0 Å². The number of carbonyl (C=O) groups excluding carboxylic acids is 2. The summed E-state index contributed by atoms with van der Waals surface area (Å²) in [6.45, 7) is 22.0. The minimum atomic E-state index is -2.19. The van der Waals surface area contributed by atoms with E-state index in [4.69, 9.17) is 8.85 Å². The van der Waals surface area contributed by atoms with Gasteiger partial charge in [-0.2, -0.15) is 0 Å². The lowest BCUT2D eigenvalue weighted by Crippen LogP contribution is -2.43. The molecule has 0 saturated heterocycles. The third-order valence-corrected chi connectivity index (χ3v) is 13.6. The fourth-order valence-electron chi connectivity index (χ4n) is 1.14. The molecular weight excluding hydrogens is 324 g/mol. The van der Waals surface area contributed by atoms with Crippen LogP contribution in [0.5, 0.6) is 0 Å². The Morgan fingerprint density at radius 3 is 1.48 bits per heavy atom. The van der Waals surface area contributed by atoms with Gasteiger partial charge in [0.15, 0.2) is 0 Å². The average Bonchev–Trinajstić information content (AvgIpc) is 2.23. The predicted octanol–water partition coefficient (Wildman–Crippen LogP) is 5.03. The highest BCUT2D eigenvalue weighted by molar-refractivity contribution is 6.76. The Labute approximate surface area is 143 Å². The van der Waals surface area contributed by atoms with E-state index in [2.05, 4.69) is 41.5 Å². The van der Waals surface area contributed by atoms with Crippen molar-refractivity contribution in [3.05, 3.63) is 11.6 Å². The van der Waals surface area contributed by atoms with Crippen LogP contribution in [-0.4, -0.2) is 28.6 Å². The van der Waals surface area contributed by atoms with Gasteiger partial charge >= 0.3 is 11.9 Å². The van der Waals surface area contributed by atoms with Crippen molar-refractivity contribution >= 4 is 28.6 Å². The second-order valence-corrected chi connectivity index (χ2v) is 18.6. The summed E-state index contributed by atoms with van der Waals surface area (Å²) in [5.74, 6) is -0.884. The average molecular weight is 359 g/mol. The summed E-state index contributed by atoms with van der Waals surface area (Å²) in [6, 6.07) is 0. The van der Waals surface area contributed by atoms with Crippen LogP contribution < -0.4 is 0 Å². The summed E-state index contributed by atoms with van der Waals surface area (Å²) in [5, 5.41) is -0.128. The quantitative estimate of drug-likeness (QED) is 0.522. The van der Waals surface area contributed by atoms with Crippen LogP contribution in [-0.2, 0) is 18.4 Å². The van der Waals surface area contributed by atoms with Gasteiger partial charge in [-0.3, -0.25) is 0 Å². The van der Waals surface area contributed by atoms with Crippen LogP contribution in [0.2, 0.25) is 36.3 Å². The summed E-state index contributed by atoms with van der Waals surface area (Å²) in [5.41, 5.74) is 0.290. The number of hydrogen-bond donors (Lipinski definition) is 0. The molecule has 0 fully saturated rings. The van der Waals surface area contributed by atoms with E-state index in [9.17, 15) is 9.59 Å². The summed E-state index contributed by atoms with van der Waals surface area (Å²) >= 11 is 0. The Bertz CT molecular complexity index is 492. The molecule has 0 radical (unpaired) electrons. The summed E-state index contributed by atoms with van der Waals surface area (Å²) in [7, 11) is -4.38. The highest BCUT2D eigenvalue weighted by Gasteiger charge is 2.41. The second-order valence-electron chi connectivity index (χ2n) is 9.16. The van der Waals surface area contributed by atoms with Crippen LogP contribution in [0.1, 0.15) is 48.5 Å². The van der Waals surface area contributed by atoms with Gasteiger partial charge in [0.05, 0.1) is 0 Å². The molecule has 0 bridgehead atoms. The first-order chi connectivity index (χ1) is 9.91. The second kappa shape index (κ2) is 6.93. The van der Waals surface area contributed by atoms with E-state index >= 15 is 0 Å². The van der Waals surface area contributed by atoms with Gasteiger partial charge < -0.3 is 8.85 Å². The van der Waals surface area contributed by atoms with E-state index in [0.717, 1.165) is 0 Å². The predicted molar refractivity (Wildman–Crippen MR) is 100 cm³/mol. The summed E-state index contributed by atoms with van der Waals surface area (Å²) in [4.78, 5) is 24.4. The number of hydrogen-bond acceptors (Lipinski definition) is 4. The van der Waals surface area contributed by atoms with Crippen molar-refractivity contribution in [2.45, 2.75) is 84.7 Å². The van der Waals surface area contributed by atoms with Crippen molar-refractivity contribution in [2.24, 2.45) is 0 Å². The Morgan fingerprint density at radius 1 is 0.783 bits per heavy atom. The van der Waals surface area contributed by atoms with Gasteiger partial charge in [-0.05, 0) is 43.2 Å². The third kappa shape index (κ3) is 6.26. The smallest absolute Gasteiger partial charge is 0.320 e. The zero-order valence-corrected chi connectivity index (χ0v) is 18.7. The molecule has 0 N–H and O–H groups in total. The minimum absolute atomic E-state index is 0.0634. The summed E-state index contributed by atoms with van der Waals surface area (Å²) < 4.78 is 11.3. The van der Waals surface area contributed by atoms with E-state index in [1.54, 1.807) is 6.92 Å². The van der Waals surface area contributed by atoms with Crippen molar-refractivity contribution in [2.75, 3.05) is 0 Å². The largest absolute Gasteiger partial charge is 0.516 e. The van der Waals surface area contributed by atoms with Crippen molar-refractivity contribution in [3.8, 4) is 0 Å². The van der Waals surface area contributed by atoms with E-state index in [1.165, 1.54) is 6.08 Å². The van der Waals surface area contributed by atoms with E-state index in [-0.39, 0.29) is 10.1 Å². The molecule has 0 unspecified atom stereocenters. The lowest BCUT2D eigenvalue weighted by Gasteiger charge is -2.36. The van der Waals surface area contributed by atoms with Gasteiger partial charge in [0.25, 0.3) is 16.6 Å². The fraction of sp³-hybridized carbons (Fsp3) is 0.765. The van der Waals surface area contributed by atoms with Crippen LogP contribution in [0, 0.1) is 0 Å². The molecular formula is C17H34O4Si2. The van der Waals surface area contributed by atoms with Gasteiger partial charge in [0, 0.05) is 11.6 Å². The van der Waals surface area contributed by atoms with Gasteiger partial charge in [-0.25, -0.2) is 9.59 Å². The Kier molecular flexibility index (Phi) is 6.66. The molecule has 0 aromatic rings. The maximum atomic E-state index is 12.3. The van der Waals surface area contributed by atoms with Crippen LogP contribution in [0.4, 0.5) is 0 Å². The van der Waals surface area contributed by atoms with Crippen molar-refractivity contribution in [1.82, 2.24) is 0 Å². The Hall–Kier alpha value is -0.886. The molecule has 0 spiro atoms. The first-order valence-corrected chi connectivity index (χ1v) is 13.9. The molecule has 4 nitrogen and oxygen atoms in total. The van der Waals surface area contributed by atoms with Crippen molar-refractivity contribution < 1.29 is 18.4 Å². The first kappa shape index (κ1) is 22.1. The summed E-state index contributed by atoms with van der Waals surface area (Å²) in [6.07, 6.45) is 1.26. The van der Waals surface area contributed by atoms with Gasteiger partial charge in [0.1, 0.15) is 0 Å². The van der Waals surface area contributed by atoms with Crippen molar-refractivity contribution in [3.63, 3.8) is 0 Å². The molecule has 6 heteroatoms. The van der Waals surface area contributed by atoms with Gasteiger partial charge in [-0.15, -0.1) is 0 Å². The molecule has 134 valence electrons. The van der Waals surface area contributed by atoms with Crippen LogP contribution in [0.15, 0.2) is 11.6 Å². The molecule has 0 aliphatic rings. The maximum absolute atomic E-state index is 12.3. The molecule has 0 heterocycles. The van der Waals surface area contributed by atoms with Gasteiger partial charge in [0.2, 0.25) is 0 Å². The molecule has 0 aromatic carbocycles. The lowest BCUT2D eigenvalue weighted by atomic mass is 10.2.